The first-order valence-electron chi connectivity index (χ1n) is 7.86. The minimum atomic E-state index is 0.176. The van der Waals surface area contributed by atoms with E-state index in [9.17, 15) is 0 Å². The summed E-state index contributed by atoms with van der Waals surface area (Å²) >= 11 is 0. The maximum absolute atomic E-state index is 6.21. The van der Waals surface area contributed by atoms with Crippen LogP contribution in [0.5, 0.6) is 0 Å². The van der Waals surface area contributed by atoms with Crippen molar-refractivity contribution in [3.63, 3.8) is 0 Å². The lowest BCUT2D eigenvalue weighted by Crippen LogP contribution is -2.38. The number of aromatic nitrogens is 1. The summed E-state index contributed by atoms with van der Waals surface area (Å²) in [6.07, 6.45) is 5.21. The monoisotopic (exact) mass is 278 g/mol. The van der Waals surface area contributed by atoms with Gasteiger partial charge in [-0.2, -0.15) is 0 Å². The number of pyridine rings is 1. The van der Waals surface area contributed by atoms with Crippen molar-refractivity contribution in [3.8, 4) is 0 Å². The molecule has 1 atom stereocenters. The van der Waals surface area contributed by atoms with Crippen molar-refractivity contribution < 1.29 is 0 Å². The number of rotatable bonds is 10. The van der Waals surface area contributed by atoms with Gasteiger partial charge in [0.15, 0.2) is 0 Å². The van der Waals surface area contributed by atoms with Gasteiger partial charge in [-0.05, 0) is 37.6 Å². The summed E-state index contributed by atoms with van der Waals surface area (Å²) in [7, 11) is 0. The predicted molar refractivity (Wildman–Crippen MR) is 87.1 cm³/mol. The molecule has 1 heterocycles. The number of anilines is 1. The van der Waals surface area contributed by atoms with E-state index < -0.39 is 0 Å². The molecule has 1 aromatic rings. The zero-order chi connectivity index (χ0) is 14.8. The number of nitrogens with zero attached hydrogens (tertiary/aromatic N) is 2. The number of hydrogen-bond donors (Lipinski definition) is 2. The van der Waals surface area contributed by atoms with Crippen LogP contribution in [0, 0.1) is 0 Å². The molecule has 1 unspecified atom stereocenters. The van der Waals surface area contributed by atoms with Crippen LogP contribution in [-0.2, 0) is 6.42 Å². The lowest BCUT2D eigenvalue weighted by atomic mass is 10.1. The Bertz CT molecular complexity index is 346. The van der Waals surface area contributed by atoms with Crippen LogP contribution in [0.1, 0.15) is 39.2 Å². The molecule has 3 N–H and O–H groups in total. The Balaban J connectivity index is 2.40. The molecule has 0 fully saturated rings. The first kappa shape index (κ1) is 16.9. The second-order valence-electron chi connectivity index (χ2n) is 5.28. The van der Waals surface area contributed by atoms with Crippen molar-refractivity contribution in [3.05, 3.63) is 23.9 Å². The fourth-order valence-corrected chi connectivity index (χ4v) is 2.22. The van der Waals surface area contributed by atoms with Crippen molar-refractivity contribution in [2.45, 2.75) is 46.1 Å². The molecular formula is C16H30N4. The fraction of sp³-hybridized carbons (Fsp3) is 0.688. The normalized spacial score (nSPS) is 12.7. The van der Waals surface area contributed by atoms with E-state index >= 15 is 0 Å². The molecular weight excluding hydrogens is 248 g/mol. The summed E-state index contributed by atoms with van der Waals surface area (Å²) in [4.78, 5) is 6.80. The Morgan fingerprint density at radius 2 is 2.00 bits per heavy atom. The molecule has 4 nitrogen and oxygen atoms in total. The molecule has 0 radical (unpaired) electrons. The van der Waals surface area contributed by atoms with Crippen LogP contribution in [0.2, 0.25) is 0 Å². The SMILES string of the molecule is CCCCNc1ccc(CC(N)CN(CC)CC)cn1. The van der Waals surface area contributed by atoms with Crippen LogP contribution >= 0.6 is 0 Å². The predicted octanol–water partition coefficient (Wildman–Crippen LogP) is 2.51. The minimum Gasteiger partial charge on any atom is -0.370 e. The van der Waals surface area contributed by atoms with Gasteiger partial charge in [-0.25, -0.2) is 4.98 Å². The molecule has 0 spiro atoms. The Labute approximate surface area is 123 Å². The Kier molecular flexibility index (Phi) is 8.23. The van der Waals surface area contributed by atoms with E-state index in [1.807, 2.05) is 6.20 Å². The van der Waals surface area contributed by atoms with E-state index in [1.54, 1.807) is 0 Å². The first-order valence-corrected chi connectivity index (χ1v) is 7.86. The van der Waals surface area contributed by atoms with Crippen LogP contribution in [-0.4, -0.2) is 42.1 Å². The van der Waals surface area contributed by atoms with Gasteiger partial charge in [0.25, 0.3) is 0 Å². The van der Waals surface area contributed by atoms with E-state index in [-0.39, 0.29) is 6.04 Å². The van der Waals surface area contributed by atoms with Crippen LogP contribution in [0.3, 0.4) is 0 Å². The van der Waals surface area contributed by atoms with Crippen molar-refractivity contribution in [1.29, 1.82) is 0 Å². The van der Waals surface area contributed by atoms with Crippen LogP contribution in [0.4, 0.5) is 5.82 Å². The smallest absolute Gasteiger partial charge is 0.125 e. The lowest BCUT2D eigenvalue weighted by molar-refractivity contribution is 0.282. The average molecular weight is 278 g/mol. The summed E-state index contributed by atoms with van der Waals surface area (Å²) < 4.78 is 0. The zero-order valence-electron chi connectivity index (χ0n) is 13.2. The number of nitrogens with two attached hydrogens (primary N) is 1. The summed E-state index contributed by atoms with van der Waals surface area (Å²) in [6, 6.07) is 4.36. The van der Waals surface area contributed by atoms with Crippen molar-refractivity contribution in [2.75, 3.05) is 31.5 Å². The largest absolute Gasteiger partial charge is 0.370 e. The first-order chi connectivity index (χ1) is 9.69. The Hall–Kier alpha value is -1.13. The highest BCUT2D eigenvalue weighted by molar-refractivity contribution is 5.35. The van der Waals surface area contributed by atoms with Gasteiger partial charge >= 0.3 is 0 Å². The van der Waals surface area contributed by atoms with Crippen LogP contribution in [0.25, 0.3) is 0 Å². The fourth-order valence-electron chi connectivity index (χ4n) is 2.22. The summed E-state index contributed by atoms with van der Waals surface area (Å²) in [5, 5.41) is 3.33. The molecule has 0 amide bonds. The quantitative estimate of drug-likeness (QED) is 0.646. The van der Waals surface area contributed by atoms with Crippen molar-refractivity contribution >= 4 is 5.82 Å². The highest BCUT2D eigenvalue weighted by Crippen LogP contribution is 2.07. The molecule has 1 rings (SSSR count). The Morgan fingerprint density at radius 1 is 1.25 bits per heavy atom. The average Bonchev–Trinajstić information content (AvgIpc) is 2.47. The van der Waals surface area contributed by atoms with E-state index in [4.69, 9.17) is 5.73 Å². The van der Waals surface area contributed by atoms with Gasteiger partial charge in [0, 0.05) is 25.3 Å². The molecule has 0 aliphatic rings. The van der Waals surface area contributed by atoms with E-state index in [2.05, 4.69) is 48.1 Å². The number of unbranched alkanes of at least 4 members (excludes halogenated alkanes) is 1. The number of likely N-dealkylation sites (N-methyl/N-ethyl adjacent to an activating group) is 1. The van der Waals surface area contributed by atoms with Gasteiger partial charge in [-0.15, -0.1) is 0 Å². The third kappa shape index (κ3) is 6.35. The molecule has 0 aliphatic carbocycles. The molecule has 114 valence electrons. The number of hydrogen-bond acceptors (Lipinski definition) is 4. The number of nitrogens with one attached hydrogen (secondary N) is 1. The van der Waals surface area contributed by atoms with Crippen molar-refractivity contribution in [2.24, 2.45) is 5.73 Å². The highest BCUT2D eigenvalue weighted by Gasteiger charge is 2.08. The van der Waals surface area contributed by atoms with E-state index in [1.165, 1.54) is 18.4 Å². The molecule has 1 aromatic heterocycles. The second kappa shape index (κ2) is 9.72. The second-order valence-corrected chi connectivity index (χ2v) is 5.28. The molecule has 0 aromatic carbocycles. The van der Waals surface area contributed by atoms with Gasteiger partial charge in [0.2, 0.25) is 0 Å². The van der Waals surface area contributed by atoms with Gasteiger partial charge < -0.3 is 16.0 Å². The molecule has 0 saturated carbocycles. The standard InChI is InChI=1S/C16H30N4/c1-4-7-10-18-16-9-8-14(12-19-16)11-15(17)13-20(5-2)6-3/h8-9,12,15H,4-7,10-11,13,17H2,1-3H3,(H,18,19). The third-order valence-corrected chi connectivity index (χ3v) is 3.55. The molecule has 0 saturated heterocycles. The van der Waals surface area contributed by atoms with Gasteiger partial charge in [0.1, 0.15) is 5.82 Å². The molecule has 4 heteroatoms. The third-order valence-electron chi connectivity index (χ3n) is 3.55. The Morgan fingerprint density at radius 3 is 2.55 bits per heavy atom. The van der Waals surface area contributed by atoms with E-state index in [0.717, 1.165) is 38.4 Å². The molecule has 0 aliphatic heterocycles. The summed E-state index contributed by atoms with van der Waals surface area (Å²) in [6.45, 7) is 10.6. The summed E-state index contributed by atoms with van der Waals surface area (Å²) in [5.74, 6) is 0.958. The van der Waals surface area contributed by atoms with Gasteiger partial charge in [0.05, 0.1) is 0 Å². The minimum absolute atomic E-state index is 0.176. The summed E-state index contributed by atoms with van der Waals surface area (Å²) in [5.41, 5.74) is 7.42. The van der Waals surface area contributed by atoms with Crippen molar-refractivity contribution in [1.82, 2.24) is 9.88 Å². The maximum atomic E-state index is 6.21. The van der Waals surface area contributed by atoms with Gasteiger partial charge in [-0.3, -0.25) is 0 Å². The highest BCUT2D eigenvalue weighted by atomic mass is 15.1. The van der Waals surface area contributed by atoms with Gasteiger partial charge in [-0.1, -0.05) is 33.3 Å². The zero-order valence-corrected chi connectivity index (χ0v) is 13.2. The molecule has 20 heavy (non-hydrogen) atoms. The molecule has 0 bridgehead atoms. The van der Waals surface area contributed by atoms with Crippen LogP contribution < -0.4 is 11.1 Å². The van der Waals surface area contributed by atoms with E-state index in [0.29, 0.717) is 0 Å². The van der Waals surface area contributed by atoms with Crippen LogP contribution in [0.15, 0.2) is 18.3 Å². The topological polar surface area (TPSA) is 54.2 Å². The lowest BCUT2D eigenvalue weighted by Gasteiger charge is -2.22. The maximum Gasteiger partial charge on any atom is 0.125 e.